The van der Waals surface area contributed by atoms with E-state index in [1.165, 1.54) is 5.56 Å². The number of amides is 1. The summed E-state index contributed by atoms with van der Waals surface area (Å²) in [5.41, 5.74) is 2.07. The van der Waals surface area contributed by atoms with Crippen molar-refractivity contribution in [3.8, 4) is 0 Å². The molecule has 3 N–H and O–H groups in total. The van der Waals surface area contributed by atoms with Gasteiger partial charge in [0, 0.05) is 42.7 Å². The molecule has 1 heterocycles. The number of rotatable bonds is 6. The van der Waals surface area contributed by atoms with Gasteiger partial charge in [-0.25, -0.2) is 0 Å². The van der Waals surface area contributed by atoms with Crippen LogP contribution in [0.15, 0.2) is 24.3 Å². The summed E-state index contributed by atoms with van der Waals surface area (Å²) < 4.78 is 0. The van der Waals surface area contributed by atoms with E-state index in [4.69, 9.17) is 0 Å². The Balaban J connectivity index is 1.83. The minimum Gasteiger partial charge on any atom is -0.326 e. The monoisotopic (exact) mass is 293 g/mol. The van der Waals surface area contributed by atoms with Crippen molar-refractivity contribution in [3.63, 3.8) is 0 Å². The minimum atomic E-state index is 0.0885. The van der Waals surface area contributed by atoms with Crippen molar-refractivity contribution >= 4 is 23.4 Å². The summed E-state index contributed by atoms with van der Waals surface area (Å²) in [7, 11) is 0. The molecule has 1 aromatic rings. The van der Waals surface area contributed by atoms with Crippen LogP contribution in [0.2, 0.25) is 0 Å². The average Bonchev–Trinajstić information content (AvgIpc) is 2.46. The number of carbonyl (C=O) groups is 1. The quantitative estimate of drug-likeness (QED) is 0.749. The molecule has 1 fully saturated rings. The van der Waals surface area contributed by atoms with Crippen molar-refractivity contribution in [2.45, 2.75) is 25.9 Å². The lowest BCUT2D eigenvalue weighted by Crippen LogP contribution is -2.39. The molecule has 1 saturated heterocycles. The highest BCUT2D eigenvalue weighted by atomic mass is 32.2. The van der Waals surface area contributed by atoms with Crippen LogP contribution in [-0.4, -0.2) is 36.5 Å². The Bertz CT molecular complexity index is 433. The van der Waals surface area contributed by atoms with Crippen LogP contribution in [0.4, 0.5) is 5.69 Å². The first-order valence-electron chi connectivity index (χ1n) is 7.18. The zero-order chi connectivity index (χ0) is 14.2. The van der Waals surface area contributed by atoms with E-state index >= 15 is 0 Å². The van der Waals surface area contributed by atoms with Gasteiger partial charge in [0.2, 0.25) is 5.91 Å². The topological polar surface area (TPSA) is 53.2 Å². The Morgan fingerprint density at radius 2 is 2.40 bits per heavy atom. The summed E-state index contributed by atoms with van der Waals surface area (Å²) in [4.78, 5) is 12.0. The number of benzene rings is 1. The Morgan fingerprint density at radius 3 is 3.15 bits per heavy atom. The first-order valence-corrected chi connectivity index (χ1v) is 8.34. The SMILES string of the molecule is CCNCc1cccc(NC(=O)CC2CSCCN2)c1. The number of hydrogen-bond acceptors (Lipinski definition) is 4. The Hall–Kier alpha value is -1.04. The Morgan fingerprint density at radius 1 is 1.50 bits per heavy atom. The van der Waals surface area contributed by atoms with Gasteiger partial charge in [0.1, 0.15) is 0 Å². The number of hydrogen-bond donors (Lipinski definition) is 3. The third-order valence-corrected chi connectivity index (χ3v) is 4.35. The highest BCUT2D eigenvalue weighted by Crippen LogP contribution is 2.13. The van der Waals surface area contributed by atoms with Gasteiger partial charge >= 0.3 is 0 Å². The van der Waals surface area contributed by atoms with E-state index in [2.05, 4.69) is 28.9 Å². The molecule has 1 unspecified atom stereocenters. The molecule has 0 aliphatic carbocycles. The number of thioether (sulfide) groups is 1. The summed E-state index contributed by atoms with van der Waals surface area (Å²) >= 11 is 1.91. The maximum Gasteiger partial charge on any atom is 0.225 e. The summed E-state index contributed by atoms with van der Waals surface area (Å²) in [6.45, 7) is 4.87. The molecule has 1 aliphatic rings. The van der Waals surface area contributed by atoms with Crippen molar-refractivity contribution in [2.24, 2.45) is 0 Å². The van der Waals surface area contributed by atoms with Gasteiger partial charge in [-0.3, -0.25) is 4.79 Å². The molecule has 0 saturated carbocycles. The summed E-state index contributed by atoms with van der Waals surface area (Å²) in [5, 5.41) is 9.66. The molecule has 0 aromatic heterocycles. The third-order valence-electron chi connectivity index (χ3n) is 3.22. The molecule has 4 nitrogen and oxygen atoms in total. The number of nitrogens with one attached hydrogen (secondary N) is 3. The van der Waals surface area contributed by atoms with E-state index in [-0.39, 0.29) is 5.91 Å². The number of anilines is 1. The fraction of sp³-hybridized carbons (Fsp3) is 0.533. The molecule has 1 atom stereocenters. The summed E-state index contributed by atoms with van der Waals surface area (Å²) in [6, 6.07) is 8.33. The van der Waals surface area contributed by atoms with Gasteiger partial charge in [0.25, 0.3) is 0 Å². The van der Waals surface area contributed by atoms with Crippen LogP contribution >= 0.6 is 11.8 Å². The van der Waals surface area contributed by atoms with Crippen molar-refractivity contribution < 1.29 is 4.79 Å². The molecule has 1 aliphatic heterocycles. The van der Waals surface area contributed by atoms with Crippen LogP contribution in [0.3, 0.4) is 0 Å². The molecule has 5 heteroatoms. The van der Waals surface area contributed by atoms with Crippen LogP contribution in [-0.2, 0) is 11.3 Å². The summed E-state index contributed by atoms with van der Waals surface area (Å²) in [6.07, 6.45) is 0.546. The first kappa shape index (κ1) is 15.4. The average molecular weight is 293 g/mol. The van der Waals surface area contributed by atoms with Gasteiger partial charge in [0.15, 0.2) is 0 Å². The molecule has 1 aromatic carbocycles. The van der Waals surface area contributed by atoms with E-state index in [0.717, 1.165) is 36.8 Å². The van der Waals surface area contributed by atoms with Crippen LogP contribution in [0.1, 0.15) is 18.9 Å². The van der Waals surface area contributed by atoms with E-state index in [1.807, 2.05) is 30.0 Å². The highest BCUT2D eigenvalue weighted by molar-refractivity contribution is 7.99. The van der Waals surface area contributed by atoms with Gasteiger partial charge in [0.05, 0.1) is 0 Å². The van der Waals surface area contributed by atoms with Gasteiger partial charge < -0.3 is 16.0 Å². The summed E-state index contributed by atoms with van der Waals surface area (Å²) in [5.74, 6) is 2.25. The third kappa shape index (κ3) is 5.15. The van der Waals surface area contributed by atoms with Gasteiger partial charge in [-0.15, -0.1) is 0 Å². The number of carbonyl (C=O) groups excluding carboxylic acids is 1. The predicted octanol–water partition coefficient (Wildman–Crippen LogP) is 1.83. The van der Waals surface area contributed by atoms with E-state index in [9.17, 15) is 4.79 Å². The first-order chi connectivity index (χ1) is 9.78. The van der Waals surface area contributed by atoms with Crippen LogP contribution < -0.4 is 16.0 Å². The zero-order valence-corrected chi connectivity index (χ0v) is 12.8. The van der Waals surface area contributed by atoms with Crippen molar-refractivity contribution in [1.29, 1.82) is 0 Å². The van der Waals surface area contributed by atoms with Crippen LogP contribution in [0.25, 0.3) is 0 Å². The maximum absolute atomic E-state index is 12.0. The van der Waals surface area contributed by atoms with Gasteiger partial charge in [-0.1, -0.05) is 19.1 Å². The Kier molecular flexibility index (Phi) is 6.36. The van der Waals surface area contributed by atoms with E-state index in [1.54, 1.807) is 0 Å². The Labute approximate surface area is 125 Å². The molecule has 110 valence electrons. The molecular formula is C15H23N3OS. The van der Waals surface area contributed by atoms with Crippen LogP contribution in [0, 0.1) is 0 Å². The largest absolute Gasteiger partial charge is 0.326 e. The molecular weight excluding hydrogens is 270 g/mol. The van der Waals surface area contributed by atoms with E-state index < -0.39 is 0 Å². The molecule has 1 amide bonds. The minimum absolute atomic E-state index is 0.0885. The van der Waals surface area contributed by atoms with Gasteiger partial charge in [-0.05, 0) is 24.2 Å². The maximum atomic E-state index is 12.0. The van der Waals surface area contributed by atoms with Crippen molar-refractivity contribution in [3.05, 3.63) is 29.8 Å². The molecule has 20 heavy (non-hydrogen) atoms. The van der Waals surface area contributed by atoms with Crippen molar-refractivity contribution in [1.82, 2.24) is 10.6 Å². The fourth-order valence-electron chi connectivity index (χ4n) is 2.22. The van der Waals surface area contributed by atoms with E-state index in [0.29, 0.717) is 12.5 Å². The lowest BCUT2D eigenvalue weighted by molar-refractivity contribution is -0.116. The van der Waals surface area contributed by atoms with Crippen molar-refractivity contribution in [2.75, 3.05) is 29.9 Å². The molecule has 0 radical (unpaired) electrons. The molecule has 2 rings (SSSR count). The second-order valence-electron chi connectivity index (χ2n) is 4.96. The standard InChI is InChI=1S/C15H23N3OS/c1-2-16-10-12-4-3-5-13(8-12)18-15(19)9-14-11-20-7-6-17-14/h3-5,8,14,16-17H,2,6-7,9-11H2,1H3,(H,18,19). The van der Waals surface area contributed by atoms with Gasteiger partial charge in [-0.2, -0.15) is 11.8 Å². The zero-order valence-electron chi connectivity index (χ0n) is 11.9. The normalized spacial score (nSPS) is 18.8. The predicted molar refractivity (Wildman–Crippen MR) is 86.2 cm³/mol. The smallest absolute Gasteiger partial charge is 0.225 e. The lowest BCUT2D eigenvalue weighted by Gasteiger charge is -2.22. The second-order valence-corrected chi connectivity index (χ2v) is 6.11. The lowest BCUT2D eigenvalue weighted by atomic mass is 10.1. The second kappa shape index (κ2) is 8.29. The molecule has 0 bridgehead atoms. The highest BCUT2D eigenvalue weighted by Gasteiger charge is 2.16. The van der Waals surface area contributed by atoms with Crippen LogP contribution in [0.5, 0.6) is 0 Å². The molecule has 0 spiro atoms. The fourth-order valence-corrected chi connectivity index (χ4v) is 3.16.